The molecule has 1 aromatic rings. The summed E-state index contributed by atoms with van der Waals surface area (Å²) in [7, 11) is 3.11. The van der Waals surface area contributed by atoms with E-state index >= 15 is 0 Å². The number of nitrogens with one attached hydrogen (secondary N) is 1. The van der Waals surface area contributed by atoms with Crippen LogP contribution in [0.3, 0.4) is 0 Å². The van der Waals surface area contributed by atoms with Crippen molar-refractivity contribution in [1.29, 1.82) is 0 Å². The maximum Gasteiger partial charge on any atom is 0.224 e. The number of methoxy groups -OCH3 is 2. The van der Waals surface area contributed by atoms with Gasteiger partial charge < -0.3 is 19.9 Å². The molecule has 1 heterocycles. The summed E-state index contributed by atoms with van der Waals surface area (Å²) in [6.07, 6.45) is 2.13. The second-order valence-electron chi connectivity index (χ2n) is 5.57. The van der Waals surface area contributed by atoms with Crippen molar-refractivity contribution in [3.8, 4) is 11.8 Å². The Morgan fingerprint density at radius 1 is 1.25 bits per heavy atom. The molecule has 1 unspecified atom stereocenters. The molecule has 114 valence electrons. The Kier molecular flexibility index (Phi) is 6.16. The highest BCUT2D eigenvalue weighted by atomic mass is 16.5. The fourth-order valence-corrected chi connectivity index (χ4v) is 2.29. The van der Waals surface area contributed by atoms with Crippen molar-refractivity contribution < 1.29 is 14.6 Å². The summed E-state index contributed by atoms with van der Waals surface area (Å²) >= 11 is 0. The van der Waals surface area contributed by atoms with Gasteiger partial charge in [0.1, 0.15) is 6.33 Å². The third kappa shape index (κ3) is 4.94. The van der Waals surface area contributed by atoms with Gasteiger partial charge in [-0.1, -0.05) is 13.8 Å². The van der Waals surface area contributed by atoms with Crippen LogP contribution >= 0.6 is 0 Å². The van der Waals surface area contributed by atoms with E-state index < -0.39 is 5.60 Å². The smallest absolute Gasteiger partial charge is 0.224 e. The van der Waals surface area contributed by atoms with Crippen LogP contribution in [0.25, 0.3) is 0 Å². The first-order valence-electron chi connectivity index (χ1n) is 6.74. The van der Waals surface area contributed by atoms with E-state index in [4.69, 9.17) is 9.47 Å². The third-order valence-electron chi connectivity index (χ3n) is 2.91. The Balaban J connectivity index is 2.66. The minimum absolute atomic E-state index is 0.441. The standard InChI is InChI=1S/C14H25N3O3/c1-10(2)6-14(3,18)8-15-7-11-12(19-4)16-9-17-13(11)20-5/h9-10,15,18H,6-8H2,1-5H3. The predicted molar refractivity (Wildman–Crippen MR) is 76.9 cm³/mol. The Morgan fingerprint density at radius 2 is 1.80 bits per heavy atom. The molecule has 1 aromatic heterocycles. The third-order valence-corrected chi connectivity index (χ3v) is 2.91. The van der Waals surface area contributed by atoms with Crippen molar-refractivity contribution in [2.75, 3.05) is 20.8 Å². The van der Waals surface area contributed by atoms with Gasteiger partial charge in [0.05, 0.1) is 25.4 Å². The van der Waals surface area contributed by atoms with Crippen LogP contribution in [-0.4, -0.2) is 41.4 Å². The molecular formula is C14H25N3O3. The van der Waals surface area contributed by atoms with Gasteiger partial charge >= 0.3 is 0 Å². The molecule has 6 heteroatoms. The zero-order valence-corrected chi connectivity index (χ0v) is 12.9. The summed E-state index contributed by atoms with van der Waals surface area (Å²) in [4.78, 5) is 8.11. The minimum Gasteiger partial charge on any atom is -0.481 e. The van der Waals surface area contributed by atoms with E-state index in [1.165, 1.54) is 6.33 Å². The maximum atomic E-state index is 10.3. The molecule has 0 aliphatic rings. The summed E-state index contributed by atoms with van der Waals surface area (Å²) in [5, 5.41) is 13.5. The van der Waals surface area contributed by atoms with Gasteiger partial charge in [0.25, 0.3) is 0 Å². The van der Waals surface area contributed by atoms with Crippen molar-refractivity contribution in [3.63, 3.8) is 0 Å². The lowest BCUT2D eigenvalue weighted by Crippen LogP contribution is -2.38. The van der Waals surface area contributed by atoms with Gasteiger partial charge in [-0.15, -0.1) is 0 Å². The molecule has 6 nitrogen and oxygen atoms in total. The molecule has 0 saturated carbocycles. The van der Waals surface area contributed by atoms with Crippen LogP contribution in [0.1, 0.15) is 32.8 Å². The lowest BCUT2D eigenvalue weighted by atomic mass is 9.94. The first-order valence-corrected chi connectivity index (χ1v) is 6.74. The van der Waals surface area contributed by atoms with Gasteiger partial charge in [0.15, 0.2) is 0 Å². The molecule has 1 rings (SSSR count). The molecular weight excluding hydrogens is 258 g/mol. The van der Waals surface area contributed by atoms with E-state index in [2.05, 4.69) is 29.1 Å². The SMILES string of the molecule is COc1ncnc(OC)c1CNCC(C)(O)CC(C)C. The number of rotatable bonds is 8. The summed E-state index contributed by atoms with van der Waals surface area (Å²) in [5.41, 5.74) is 0.00225. The Morgan fingerprint density at radius 3 is 2.25 bits per heavy atom. The quantitative estimate of drug-likeness (QED) is 0.750. The Bertz CT molecular complexity index is 400. The maximum absolute atomic E-state index is 10.3. The van der Waals surface area contributed by atoms with Gasteiger partial charge in [0, 0.05) is 13.1 Å². The van der Waals surface area contributed by atoms with Crippen LogP contribution in [0.4, 0.5) is 0 Å². The summed E-state index contributed by atoms with van der Waals surface area (Å²) in [5.74, 6) is 1.40. The molecule has 0 aliphatic carbocycles. The average molecular weight is 283 g/mol. The van der Waals surface area contributed by atoms with Crippen LogP contribution in [0.15, 0.2) is 6.33 Å². The van der Waals surface area contributed by atoms with E-state index in [0.29, 0.717) is 30.8 Å². The van der Waals surface area contributed by atoms with Crippen LogP contribution in [0.2, 0.25) is 0 Å². The second-order valence-corrected chi connectivity index (χ2v) is 5.57. The minimum atomic E-state index is -0.746. The molecule has 0 aromatic carbocycles. The highest BCUT2D eigenvalue weighted by Crippen LogP contribution is 2.23. The Labute approximate surface area is 120 Å². The normalized spacial score (nSPS) is 14.2. The number of ether oxygens (including phenoxy) is 2. The molecule has 0 fully saturated rings. The average Bonchev–Trinajstić information content (AvgIpc) is 2.37. The van der Waals surface area contributed by atoms with E-state index in [0.717, 1.165) is 12.0 Å². The molecule has 0 radical (unpaired) electrons. The molecule has 20 heavy (non-hydrogen) atoms. The molecule has 0 amide bonds. The van der Waals surface area contributed by atoms with Crippen molar-refractivity contribution in [2.24, 2.45) is 5.92 Å². The number of hydrogen-bond donors (Lipinski definition) is 2. The fourth-order valence-electron chi connectivity index (χ4n) is 2.29. The van der Waals surface area contributed by atoms with Crippen molar-refractivity contribution in [2.45, 2.75) is 39.3 Å². The zero-order valence-electron chi connectivity index (χ0n) is 12.9. The summed E-state index contributed by atoms with van der Waals surface area (Å²) < 4.78 is 10.4. The first-order chi connectivity index (χ1) is 9.39. The van der Waals surface area contributed by atoms with E-state index in [1.54, 1.807) is 14.2 Å². The van der Waals surface area contributed by atoms with Gasteiger partial charge in [-0.05, 0) is 19.3 Å². The fraction of sp³-hybridized carbons (Fsp3) is 0.714. The number of nitrogens with zero attached hydrogens (tertiary/aromatic N) is 2. The van der Waals surface area contributed by atoms with E-state index in [1.807, 2.05) is 6.92 Å². The number of aromatic nitrogens is 2. The van der Waals surface area contributed by atoms with Gasteiger partial charge in [-0.3, -0.25) is 0 Å². The molecule has 0 bridgehead atoms. The van der Waals surface area contributed by atoms with E-state index in [9.17, 15) is 5.11 Å². The van der Waals surface area contributed by atoms with Crippen molar-refractivity contribution >= 4 is 0 Å². The van der Waals surface area contributed by atoms with E-state index in [-0.39, 0.29) is 0 Å². The van der Waals surface area contributed by atoms with Gasteiger partial charge in [0.2, 0.25) is 11.8 Å². The molecule has 1 atom stereocenters. The number of aliphatic hydroxyl groups is 1. The highest BCUT2D eigenvalue weighted by molar-refractivity contribution is 5.34. The first kappa shape index (κ1) is 16.7. The van der Waals surface area contributed by atoms with Crippen molar-refractivity contribution in [1.82, 2.24) is 15.3 Å². The Hall–Kier alpha value is -1.40. The van der Waals surface area contributed by atoms with Crippen LogP contribution < -0.4 is 14.8 Å². The van der Waals surface area contributed by atoms with Gasteiger partial charge in [-0.2, -0.15) is 0 Å². The molecule has 2 N–H and O–H groups in total. The van der Waals surface area contributed by atoms with Crippen molar-refractivity contribution in [3.05, 3.63) is 11.9 Å². The number of hydrogen-bond acceptors (Lipinski definition) is 6. The summed E-state index contributed by atoms with van der Waals surface area (Å²) in [6, 6.07) is 0. The van der Waals surface area contributed by atoms with Gasteiger partial charge in [-0.25, -0.2) is 9.97 Å². The van der Waals surface area contributed by atoms with Crippen LogP contribution in [0, 0.1) is 5.92 Å². The zero-order chi connectivity index (χ0) is 15.2. The summed E-state index contributed by atoms with van der Waals surface area (Å²) in [6.45, 7) is 6.96. The molecule has 0 saturated heterocycles. The van der Waals surface area contributed by atoms with Crippen LogP contribution in [0.5, 0.6) is 11.8 Å². The molecule has 0 aliphatic heterocycles. The monoisotopic (exact) mass is 283 g/mol. The lowest BCUT2D eigenvalue weighted by molar-refractivity contribution is 0.0382. The molecule has 0 spiro atoms. The van der Waals surface area contributed by atoms with Crippen LogP contribution in [-0.2, 0) is 6.54 Å². The second kappa shape index (κ2) is 7.40. The largest absolute Gasteiger partial charge is 0.481 e. The topological polar surface area (TPSA) is 76.5 Å². The predicted octanol–water partition coefficient (Wildman–Crippen LogP) is 1.38. The lowest BCUT2D eigenvalue weighted by Gasteiger charge is -2.25. The highest BCUT2D eigenvalue weighted by Gasteiger charge is 2.22.